The van der Waals surface area contributed by atoms with Crippen LogP contribution in [-0.4, -0.2) is 40.8 Å². The smallest absolute Gasteiger partial charge is 0.247 e. The van der Waals surface area contributed by atoms with E-state index in [1.165, 1.54) is 27.2 Å². The van der Waals surface area contributed by atoms with Crippen LogP contribution in [0.4, 0.5) is 11.4 Å². The topological polar surface area (TPSA) is 84.9 Å². The Hall–Kier alpha value is -2.45. The number of sulfonamides is 1. The summed E-state index contributed by atoms with van der Waals surface area (Å²) < 4.78 is 36.4. The fourth-order valence-corrected chi connectivity index (χ4v) is 3.83. The molecule has 0 aliphatic carbocycles. The molecule has 0 radical (unpaired) electrons. The Labute approximate surface area is 163 Å². The molecule has 0 saturated carbocycles. The molecule has 0 fully saturated rings. The van der Waals surface area contributed by atoms with Crippen LogP contribution in [0.1, 0.15) is 6.92 Å². The number of rotatable bonds is 7. The van der Waals surface area contributed by atoms with E-state index in [1.54, 1.807) is 36.4 Å². The summed E-state index contributed by atoms with van der Waals surface area (Å²) in [6, 6.07) is 10.2. The zero-order valence-electron chi connectivity index (χ0n) is 15.4. The standard InChI is InChI=1S/C18H21ClN2O5S/c1-12(18(22)20-14-7-5-13(19)6-8-14)21(27(4,23)24)16-11-15(25-2)9-10-17(16)26-3/h5-12H,1-4H3,(H,20,22)/t12-/m0/s1. The van der Waals surface area contributed by atoms with E-state index in [2.05, 4.69) is 5.32 Å². The zero-order chi connectivity index (χ0) is 20.2. The average molecular weight is 413 g/mol. The van der Waals surface area contributed by atoms with Gasteiger partial charge < -0.3 is 14.8 Å². The molecule has 1 atom stereocenters. The van der Waals surface area contributed by atoms with Gasteiger partial charge in [0.1, 0.15) is 17.5 Å². The maximum Gasteiger partial charge on any atom is 0.247 e. The first-order valence-corrected chi connectivity index (χ1v) is 10.2. The van der Waals surface area contributed by atoms with Gasteiger partial charge in [0.15, 0.2) is 0 Å². The second-order valence-corrected chi connectivity index (χ2v) is 8.06. The Morgan fingerprint density at radius 1 is 1.11 bits per heavy atom. The van der Waals surface area contributed by atoms with Gasteiger partial charge in [-0.2, -0.15) is 0 Å². The van der Waals surface area contributed by atoms with Gasteiger partial charge >= 0.3 is 0 Å². The quantitative estimate of drug-likeness (QED) is 0.755. The van der Waals surface area contributed by atoms with Crippen LogP contribution in [0.3, 0.4) is 0 Å². The van der Waals surface area contributed by atoms with Gasteiger partial charge in [0.05, 0.1) is 26.2 Å². The molecule has 2 rings (SSSR count). The molecule has 2 aromatic carbocycles. The third-order valence-corrected chi connectivity index (χ3v) is 5.30. The minimum Gasteiger partial charge on any atom is -0.497 e. The van der Waals surface area contributed by atoms with Gasteiger partial charge in [-0.3, -0.25) is 9.10 Å². The monoisotopic (exact) mass is 412 g/mol. The number of ether oxygens (including phenoxy) is 2. The SMILES string of the molecule is COc1ccc(OC)c(N([C@@H](C)C(=O)Nc2ccc(Cl)cc2)S(C)(=O)=O)c1. The van der Waals surface area contributed by atoms with Gasteiger partial charge in [-0.15, -0.1) is 0 Å². The van der Waals surface area contributed by atoms with Crippen LogP contribution in [0, 0.1) is 0 Å². The average Bonchev–Trinajstić information content (AvgIpc) is 2.62. The van der Waals surface area contributed by atoms with Gasteiger partial charge in [-0.05, 0) is 43.3 Å². The molecule has 0 spiro atoms. The maximum absolute atomic E-state index is 12.7. The van der Waals surface area contributed by atoms with Crippen molar-refractivity contribution >= 4 is 38.9 Å². The van der Waals surface area contributed by atoms with Crippen LogP contribution in [0.25, 0.3) is 0 Å². The van der Waals surface area contributed by atoms with Crippen LogP contribution in [-0.2, 0) is 14.8 Å². The number of hydrogen-bond acceptors (Lipinski definition) is 5. The van der Waals surface area contributed by atoms with E-state index in [0.29, 0.717) is 22.2 Å². The van der Waals surface area contributed by atoms with Gasteiger partial charge in [0.2, 0.25) is 15.9 Å². The first-order valence-electron chi connectivity index (χ1n) is 7.95. The van der Waals surface area contributed by atoms with Crippen LogP contribution < -0.4 is 19.1 Å². The van der Waals surface area contributed by atoms with Crippen LogP contribution >= 0.6 is 11.6 Å². The number of methoxy groups -OCH3 is 2. The lowest BCUT2D eigenvalue weighted by Gasteiger charge is -2.29. The van der Waals surface area contributed by atoms with Crippen molar-refractivity contribution in [1.29, 1.82) is 0 Å². The van der Waals surface area contributed by atoms with Gasteiger partial charge in [0.25, 0.3) is 0 Å². The van der Waals surface area contributed by atoms with Crippen molar-refractivity contribution in [3.63, 3.8) is 0 Å². The number of carbonyl (C=O) groups is 1. The molecule has 0 aliphatic rings. The minimum atomic E-state index is -3.80. The summed E-state index contributed by atoms with van der Waals surface area (Å²) in [5, 5.41) is 3.21. The Bertz CT molecular complexity index is 916. The molecule has 0 bridgehead atoms. The van der Waals surface area contributed by atoms with E-state index in [1.807, 2.05) is 0 Å². The maximum atomic E-state index is 12.7. The zero-order valence-corrected chi connectivity index (χ0v) is 17.0. The van der Waals surface area contributed by atoms with Crippen LogP contribution in [0.2, 0.25) is 5.02 Å². The highest BCUT2D eigenvalue weighted by Crippen LogP contribution is 2.35. The van der Waals surface area contributed by atoms with E-state index in [9.17, 15) is 13.2 Å². The van der Waals surface area contributed by atoms with Crippen molar-refractivity contribution in [3.05, 3.63) is 47.5 Å². The normalized spacial score (nSPS) is 12.2. The van der Waals surface area contributed by atoms with Crippen molar-refractivity contribution < 1.29 is 22.7 Å². The number of nitrogens with one attached hydrogen (secondary N) is 1. The summed E-state index contributed by atoms with van der Waals surface area (Å²) in [5.74, 6) is 0.227. The van der Waals surface area contributed by atoms with Crippen LogP contribution in [0.15, 0.2) is 42.5 Å². The third-order valence-electron chi connectivity index (χ3n) is 3.82. The van der Waals surface area contributed by atoms with E-state index in [-0.39, 0.29) is 5.69 Å². The largest absolute Gasteiger partial charge is 0.497 e. The lowest BCUT2D eigenvalue weighted by molar-refractivity contribution is -0.116. The first-order chi connectivity index (χ1) is 12.7. The van der Waals surface area contributed by atoms with E-state index < -0.39 is 22.0 Å². The third kappa shape index (κ3) is 5.05. The van der Waals surface area contributed by atoms with Crippen molar-refractivity contribution in [2.75, 3.05) is 30.1 Å². The summed E-state index contributed by atoms with van der Waals surface area (Å²) in [5.41, 5.74) is 0.709. The van der Waals surface area contributed by atoms with Gasteiger partial charge in [-0.25, -0.2) is 8.42 Å². The summed E-state index contributed by atoms with van der Waals surface area (Å²) in [6.07, 6.45) is 1.03. The number of hydrogen-bond donors (Lipinski definition) is 1. The van der Waals surface area contributed by atoms with Crippen LogP contribution in [0.5, 0.6) is 11.5 Å². The van der Waals surface area contributed by atoms with Gasteiger partial charge in [-0.1, -0.05) is 11.6 Å². The molecule has 7 nitrogen and oxygen atoms in total. The summed E-state index contributed by atoms with van der Waals surface area (Å²) in [6.45, 7) is 1.49. The van der Waals surface area contributed by atoms with Crippen molar-refractivity contribution in [3.8, 4) is 11.5 Å². The number of nitrogens with zero attached hydrogens (tertiary/aromatic N) is 1. The Morgan fingerprint density at radius 3 is 2.26 bits per heavy atom. The van der Waals surface area contributed by atoms with E-state index in [0.717, 1.165) is 10.6 Å². The lowest BCUT2D eigenvalue weighted by Crippen LogP contribution is -2.45. The molecule has 27 heavy (non-hydrogen) atoms. The van der Waals surface area contributed by atoms with Gasteiger partial charge in [0, 0.05) is 16.8 Å². The number of anilines is 2. The highest BCUT2D eigenvalue weighted by molar-refractivity contribution is 7.92. The number of amides is 1. The second-order valence-electron chi connectivity index (χ2n) is 5.77. The highest BCUT2D eigenvalue weighted by Gasteiger charge is 2.31. The molecule has 1 amide bonds. The number of halogens is 1. The second kappa shape index (κ2) is 8.49. The molecule has 0 aliphatic heterocycles. The summed E-state index contributed by atoms with van der Waals surface area (Å²) in [7, 11) is -0.917. The number of carbonyl (C=O) groups excluding carboxylic acids is 1. The highest BCUT2D eigenvalue weighted by atomic mass is 35.5. The molecule has 0 aromatic heterocycles. The minimum absolute atomic E-state index is 0.207. The molecule has 0 unspecified atom stereocenters. The lowest BCUT2D eigenvalue weighted by atomic mass is 10.2. The fraction of sp³-hybridized carbons (Fsp3) is 0.278. The van der Waals surface area contributed by atoms with Crippen molar-refractivity contribution in [2.24, 2.45) is 0 Å². The molecular formula is C18H21ClN2O5S. The summed E-state index contributed by atoms with van der Waals surface area (Å²) in [4.78, 5) is 12.7. The summed E-state index contributed by atoms with van der Waals surface area (Å²) >= 11 is 5.84. The Kier molecular flexibility index (Phi) is 6.56. The molecular weight excluding hydrogens is 392 g/mol. The molecule has 2 aromatic rings. The first kappa shape index (κ1) is 20.9. The Morgan fingerprint density at radius 2 is 1.74 bits per heavy atom. The molecule has 9 heteroatoms. The molecule has 1 N–H and O–H groups in total. The van der Waals surface area contributed by atoms with E-state index >= 15 is 0 Å². The predicted octanol–water partition coefficient (Wildman–Crippen LogP) is 3.15. The predicted molar refractivity (Wildman–Crippen MR) is 106 cm³/mol. The number of benzene rings is 2. The van der Waals surface area contributed by atoms with Crippen molar-refractivity contribution in [2.45, 2.75) is 13.0 Å². The Balaban J connectivity index is 2.42. The molecule has 0 saturated heterocycles. The van der Waals surface area contributed by atoms with E-state index in [4.69, 9.17) is 21.1 Å². The molecule has 146 valence electrons. The fourth-order valence-electron chi connectivity index (χ4n) is 2.53. The molecule has 0 heterocycles. The van der Waals surface area contributed by atoms with Crippen molar-refractivity contribution in [1.82, 2.24) is 0 Å².